The molecule has 3 saturated carbocycles. The normalized spacial score (nSPS) is 41.0. The van der Waals surface area contributed by atoms with E-state index in [0.717, 1.165) is 42.2 Å². The van der Waals surface area contributed by atoms with E-state index in [1.807, 2.05) is 19.9 Å². The van der Waals surface area contributed by atoms with Crippen LogP contribution in [-0.4, -0.2) is 36.5 Å². The van der Waals surface area contributed by atoms with Crippen LogP contribution in [0.1, 0.15) is 91.9 Å². The number of carbonyl (C=O) groups excluding carboxylic acids is 3. The molecule has 6 aliphatic rings. The zero-order valence-corrected chi connectivity index (χ0v) is 25.4. The molecule has 3 fully saturated rings. The number of methoxy groups -OCH3 is 1. The highest BCUT2D eigenvalue weighted by atomic mass is 16.5. The molecule has 2 heterocycles. The van der Waals surface area contributed by atoms with Crippen molar-refractivity contribution < 1.29 is 28.6 Å². The van der Waals surface area contributed by atoms with Crippen LogP contribution in [0.2, 0.25) is 0 Å². The van der Waals surface area contributed by atoms with Crippen molar-refractivity contribution in [2.45, 2.75) is 104 Å². The summed E-state index contributed by atoms with van der Waals surface area (Å²) >= 11 is 0. The lowest BCUT2D eigenvalue weighted by Crippen LogP contribution is -2.47. The van der Waals surface area contributed by atoms with Gasteiger partial charge in [0.05, 0.1) is 18.6 Å². The zero-order valence-electron chi connectivity index (χ0n) is 25.4. The maximum Gasteiger partial charge on any atom is 0.337 e. The van der Waals surface area contributed by atoms with Crippen molar-refractivity contribution in [1.82, 2.24) is 0 Å². The van der Waals surface area contributed by atoms with Gasteiger partial charge >= 0.3 is 11.9 Å². The van der Waals surface area contributed by atoms with E-state index in [9.17, 15) is 14.4 Å². The summed E-state index contributed by atoms with van der Waals surface area (Å²) in [6.07, 6.45) is 11.6. The van der Waals surface area contributed by atoms with E-state index >= 15 is 0 Å². The minimum absolute atomic E-state index is 0.0147. The third kappa shape index (κ3) is 5.25. The van der Waals surface area contributed by atoms with Gasteiger partial charge in [-0.3, -0.25) is 4.79 Å². The quantitative estimate of drug-likeness (QED) is 0.272. The number of esters is 2. The zero-order chi connectivity index (χ0) is 29.3. The van der Waals surface area contributed by atoms with E-state index < -0.39 is 17.5 Å². The predicted molar refractivity (Wildman–Crippen MR) is 155 cm³/mol. The molecule has 6 nitrogen and oxygen atoms in total. The van der Waals surface area contributed by atoms with Crippen molar-refractivity contribution in [3.8, 4) is 0 Å². The van der Waals surface area contributed by atoms with Crippen LogP contribution in [0.25, 0.3) is 0 Å². The Morgan fingerprint density at radius 1 is 1.10 bits per heavy atom. The molecule has 0 radical (unpaired) electrons. The molecule has 0 aromatic rings. The molecule has 2 aliphatic heterocycles. The van der Waals surface area contributed by atoms with Gasteiger partial charge in [-0.1, -0.05) is 31.6 Å². The van der Waals surface area contributed by atoms with Crippen LogP contribution in [0, 0.1) is 40.9 Å². The second-order valence-electron chi connectivity index (χ2n) is 14.8. The lowest BCUT2D eigenvalue weighted by molar-refractivity contribution is -0.143. The second kappa shape index (κ2) is 10.3. The van der Waals surface area contributed by atoms with Gasteiger partial charge in [0.25, 0.3) is 0 Å². The molecule has 4 aliphatic carbocycles. The first kappa shape index (κ1) is 28.5. The fourth-order valence-electron chi connectivity index (χ4n) is 9.20. The van der Waals surface area contributed by atoms with Gasteiger partial charge < -0.3 is 14.2 Å². The molecule has 0 aromatic heterocycles. The smallest absolute Gasteiger partial charge is 0.337 e. The van der Waals surface area contributed by atoms with Crippen LogP contribution in [0.3, 0.4) is 0 Å². The predicted octanol–water partition coefficient (Wildman–Crippen LogP) is 6.80. The SMILES string of the molecule is C=C(C)[C@H]1CCC2=C[C@@H](C/C(C)=C/C(=O)[C@@H]3C[C@]4(CC[C@@H]5[C@H]6C[C@H]6CC(C)(C)C[C@H]54)OC(=C3C(=O)OC)C1)OC2=O. The van der Waals surface area contributed by atoms with Crippen LogP contribution in [0.5, 0.6) is 0 Å². The molecule has 0 saturated heterocycles. The van der Waals surface area contributed by atoms with E-state index in [1.54, 1.807) is 6.08 Å². The minimum atomic E-state index is -0.618. The van der Waals surface area contributed by atoms with Crippen molar-refractivity contribution >= 4 is 17.7 Å². The Labute approximate surface area is 244 Å². The average Bonchev–Trinajstić information content (AvgIpc) is 3.46. The van der Waals surface area contributed by atoms with E-state index in [0.29, 0.717) is 60.8 Å². The highest BCUT2D eigenvalue weighted by Gasteiger charge is 2.63. The number of allylic oxidation sites excluding steroid dienone is 3. The Bertz CT molecular complexity index is 1270. The Kier molecular flexibility index (Phi) is 7.14. The summed E-state index contributed by atoms with van der Waals surface area (Å²) in [5, 5.41) is 0. The summed E-state index contributed by atoms with van der Waals surface area (Å²) in [6.45, 7) is 13.0. The third-order valence-corrected chi connectivity index (χ3v) is 11.2. The molecule has 0 unspecified atom stereocenters. The number of carbonyl (C=O) groups is 3. The van der Waals surface area contributed by atoms with Gasteiger partial charge in [0, 0.05) is 30.8 Å². The Hall–Kier alpha value is -2.63. The van der Waals surface area contributed by atoms with Gasteiger partial charge in [0.15, 0.2) is 5.78 Å². The van der Waals surface area contributed by atoms with Crippen LogP contribution in [-0.2, 0) is 28.6 Å². The number of hydrogen-bond acceptors (Lipinski definition) is 6. The molecule has 222 valence electrons. The largest absolute Gasteiger partial charge is 0.491 e. The third-order valence-electron chi connectivity index (χ3n) is 11.2. The molecular weight excluding hydrogens is 516 g/mol. The Morgan fingerprint density at radius 3 is 2.61 bits per heavy atom. The van der Waals surface area contributed by atoms with Crippen LogP contribution >= 0.6 is 0 Å². The van der Waals surface area contributed by atoms with E-state index in [4.69, 9.17) is 14.2 Å². The van der Waals surface area contributed by atoms with Crippen LogP contribution in [0.4, 0.5) is 0 Å². The van der Waals surface area contributed by atoms with Crippen molar-refractivity contribution in [3.05, 3.63) is 46.8 Å². The first-order valence-corrected chi connectivity index (χ1v) is 15.7. The fourth-order valence-corrected chi connectivity index (χ4v) is 9.20. The van der Waals surface area contributed by atoms with Crippen LogP contribution in [0.15, 0.2) is 46.8 Å². The molecule has 0 aromatic carbocycles. The van der Waals surface area contributed by atoms with Crippen molar-refractivity contribution in [2.75, 3.05) is 7.11 Å². The monoisotopic (exact) mass is 562 g/mol. The summed E-state index contributed by atoms with van der Waals surface area (Å²) in [4.78, 5) is 40.3. The molecule has 41 heavy (non-hydrogen) atoms. The maximum atomic E-state index is 14.2. The maximum absolute atomic E-state index is 14.2. The summed E-state index contributed by atoms with van der Waals surface area (Å²) < 4.78 is 18.1. The molecule has 0 amide bonds. The number of rotatable bonds is 2. The molecule has 4 bridgehead atoms. The molecule has 8 atom stereocenters. The lowest BCUT2D eigenvalue weighted by atomic mass is 9.68. The van der Waals surface area contributed by atoms with Gasteiger partial charge in [0.1, 0.15) is 17.5 Å². The molecule has 0 N–H and O–H groups in total. The number of ketones is 1. The highest BCUT2D eigenvalue weighted by Crippen LogP contribution is 2.66. The van der Waals surface area contributed by atoms with Crippen molar-refractivity contribution in [1.29, 1.82) is 0 Å². The molecule has 6 rings (SSSR count). The van der Waals surface area contributed by atoms with Gasteiger partial charge in [0.2, 0.25) is 0 Å². The topological polar surface area (TPSA) is 78.9 Å². The van der Waals surface area contributed by atoms with E-state index in [1.165, 1.54) is 20.0 Å². The summed E-state index contributed by atoms with van der Waals surface area (Å²) in [5.41, 5.74) is 2.63. The van der Waals surface area contributed by atoms with Gasteiger partial charge in [-0.15, -0.1) is 0 Å². The van der Waals surface area contributed by atoms with Gasteiger partial charge in [-0.05, 0) is 100 Å². The van der Waals surface area contributed by atoms with Gasteiger partial charge in [-0.25, -0.2) is 9.59 Å². The molecule has 6 heteroatoms. The lowest BCUT2D eigenvalue weighted by Gasteiger charge is -2.46. The summed E-state index contributed by atoms with van der Waals surface area (Å²) in [6, 6.07) is 0. The number of fused-ring (bicyclic) bond motifs is 6. The Morgan fingerprint density at radius 2 is 1.88 bits per heavy atom. The summed E-state index contributed by atoms with van der Waals surface area (Å²) in [7, 11) is 1.38. The van der Waals surface area contributed by atoms with E-state index in [2.05, 4.69) is 20.4 Å². The van der Waals surface area contributed by atoms with Crippen molar-refractivity contribution in [2.24, 2.45) is 40.9 Å². The summed E-state index contributed by atoms with van der Waals surface area (Å²) in [5.74, 6) is 1.68. The standard InChI is InChI=1S/C35H46O6/c1-19(2)21-7-8-22-13-24(40-32(22)37)11-20(3)12-29(36)27-17-35(41-30(15-21)31(27)33(38)39-6)10-9-25-26-14-23(26)16-34(4,5)18-28(25)35/h12-13,21,23-28H,1,7-11,14-18H2,2-6H3/b20-12+/t21-,23-,24+,25+,26-,27-,28+,35-/m0/s1. The highest BCUT2D eigenvalue weighted by molar-refractivity contribution is 6.03. The van der Waals surface area contributed by atoms with Gasteiger partial charge in [-0.2, -0.15) is 0 Å². The first-order valence-electron chi connectivity index (χ1n) is 15.7. The van der Waals surface area contributed by atoms with E-state index in [-0.39, 0.29) is 29.2 Å². The number of ether oxygens (including phenoxy) is 3. The average molecular weight is 563 g/mol. The molecule has 1 spiro atoms. The fraction of sp³-hybridized carbons (Fsp3) is 0.686. The Balaban J connectivity index is 1.45. The molecular formula is C35H46O6. The first-order chi connectivity index (χ1) is 19.4. The van der Waals surface area contributed by atoms with Crippen molar-refractivity contribution in [3.63, 3.8) is 0 Å². The van der Waals surface area contributed by atoms with Crippen LogP contribution < -0.4 is 0 Å². The number of hydrogen-bond donors (Lipinski definition) is 0. The minimum Gasteiger partial charge on any atom is -0.491 e. The second-order valence-corrected chi connectivity index (χ2v) is 14.8.